The van der Waals surface area contributed by atoms with Crippen LogP contribution >= 0.6 is 15.9 Å². The van der Waals surface area contributed by atoms with E-state index in [0.717, 1.165) is 27.5 Å². The number of halogens is 1. The highest BCUT2D eigenvalue weighted by Crippen LogP contribution is 2.25. The Morgan fingerprint density at radius 1 is 1.50 bits per heavy atom. The predicted molar refractivity (Wildman–Crippen MR) is 88.2 cm³/mol. The van der Waals surface area contributed by atoms with E-state index in [-0.39, 0.29) is 0 Å². The van der Waals surface area contributed by atoms with Crippen molar-refractivity contribution in [3.05, 3.63) is 34.9 Å². The molecule has 0 spiro atoms. The molecule has 0 bridgehead atoms. The minimum Gasteiger partial charge on any atom is -0.381 e. The molecule has 2 atom stereocenters. The van der Waals surface area contributed by atoms with Crippen molar-refractivity contribution < 1.29 is 0 Å². The molecule has 3 rings (SSSR count). The lowest BCUT2D eigenvalue weighted by Crippen LogP contribution is -2.29. The van der Waals surface area contributed by atoms with Crippen LogP contribution < -0.4 is 10.6 Å². The van der Waals surface area contributed by atoms with Crippen LogP contribution in [0.25, 0.3) is 10.9 Å². The molecular formula is C16H20BrN3. The van der Waals surface area contributed by atoms with Crippen LogP contribution in [0.5, 0.6) is 0 Å². The first-order chi connectivity index (χ1) is 9.72. The standard InChI is InChI=1S/C16H20BrN3/c1-11(8-14-5-3-7-18-14)20-15-6-2-4-12-9-13(17)10-19-16(12)15/h2,4,6,9-11,14,18,20H,3,5,7-8H2,1H3. The van der Waals surface area contributed by atoms with Crippen molar-refractivity contribution in [3.63, 3.8) is 0 Å². The summed E-state index contributed by atoms with van der Waals surface area (Å²) in [6, 6.07) is 9.51. The van der Waals surface area contributed by atoms with Crippen molar-refractivity contribution in [1.82, 2.24) is 10.3 Å². The van der Waals surface area contributed by atoms with Gasteiger partial charge in [-0.2, -0.15) is 0 Å². The molecule has 1 fully saturated rings. The van der Waals surface area contributed by atoms with Gasteiger partial charge in [0.05, 0.1) is 11.2 Å². The van der Waals surface area contributed by atoms with Crippen LogP contribution in [-0.2, 0) is 0 Å². The number of hydrogen-bond acceptors (Lipinski definition) is 3. The molecule has 0 aliphatic carbocycles. The fourth-order valence-electron chi connectivity index (χ4n) is 2.96. The number of hydrogen-bond donors (Lipinski definition) is 2. The van der Waals surface area contributed by atoms with Crippen LogP contribution in [0.15, 0.2) is 34.9 Å². The van der Waals surface area contributed by atoms with Crippen LogP contribution in [0.1, 0.15) is 26.2 Å². The van der Waals surface area contributed by atoms with Crippen LogP contribution in [0.4, 0.5) is 5.69 Å². The Bertz CT molecular complexity index is 593. The molecule has 2 heterocycles. The molecule has 4 heteroatoms. The number of rotatable bonds is 4. The number of pyridine rings is 1. The van der Waals surface area contributed by atoms with Gasteiger partial charge in [0.25, 0.3) is 0 Å². The minimum absolute atomic E-state index is 0.446. The van der Waals surface area contributed by atoms with E-state index in [9.17, 15) is 0 Å². The Kier molecular flexibility index (Phi) is 4.22. The smallest absolute Gasteiger partial charge is 0.0934 e. The lowest BCUT2D eigenvalue weighted by Gasteiger charge is -2.20. The summed E-state index contributed by atoms with van der Waals surface area (Å²) in [5, 5.41) is 8.33. The molecule has 1 saturated heterocycles. The van der Waals surface area contributed by atoms with E-state index in [1.165, 1.54) is 19.4 Å². The van der Waals surface area contributed by atoms with E-state index in [2.05, 4.69) is 62.7 Å². The number of fused-ring (bicyclic) bond motifs is 1. The van der Waals surface area contributed by atoms with Crippen molar-refractivity contribution in [2.75, 3.05) is 11.9 Å². The third-order valence-corrected chi connectivity index (χ3v) is 4.31. The lowest BCUT2D eigenvalue weighted by molar-refractivity contribution is 0.523. The first-order valence-corrected chi connectivity index (χ1v) is 8.06. The molecular weight excluding hydrogens is 314 g/mol. The van der Waals surface area contributed by atoms with Crippen LogP contribution in [0.2, 0.25) is 0 Å². The highest BCUT2D eigenvalue weighted by atomic mass is 79.9. The number of para-hydroxylation sites is 1. The zero-order chi connectivity index (χ0) is 13.9. The second kappa shape index (κ2) is 6.10. The van der Waals surface area contributed by atoms with Crippen LogP contribution in [-0.4, -0.2) is 23.6 Å². The largest absolute Gasteiger partial charge is 0.381 e. The molecule has 2 aromatic rings. The van der Waals surface area contributed by atoms with Crippen LogP contribution in [0, 0.1) is 0 Å². The molecule has 1 aliphatic heterocycles. The van der Waals surface area contributed by atoms with Gasteiger partial charge in [-0.25, -0.2) is 0 Å². The number of nitrogens with one attached hydrogen (secondary N) is 2. The predicted octanol–water partition coefficient (Wildman–Crippen LogP) is 3.94. The summed E-state index contributed by atoms with van der Waals surface area (Å²) < 4.78 is 1.02. The van der Waals surface area contributed by atoms with Gasteiger partial charge in [-0.3, -0.25) is 4.98 Å². The zero-order valence-corrected chi connectivity index (χ0v) is 13.3. The topological polar surface area (TPSA) is 37.0 Å². The fourth-order valence-corrected chi connectivity index (χ4v) is 3.31. The summed E-state index contributed by atoms with van der Waals surface area (Å²) in [5.41, 5.74) is 2.17. The number of anilines is 1. The van der Waals surface area contributed by atoms with E-state index in [4.69, 9.17) is 0 Å². The molecule has 1 aliphatic rings. The molecule has 0 amide bonds. The summed E-state index contributed by atoms with van der Waals surface area (Å²) in [4.78, 5) is 4.54. The molecule has 0 saturated carbocycles. The van der Waals surface area contributed by atoms with E-state index in [1.807, 2.05) is 6.20 Å². The van der Waals surface area contributed by atoms with E-state index in [0.29, 0.717) is 12.1 Å². The number of benzene rings is 1. The normalized spacial score (nSPS) is 20.2. The second-order valence-electron chi connectivity index (χ2n) is 5.61. The van der Waals surface area contributed by atoms with Gasteiger partial charge in [-0.15, -0.1) is 0 Å². The summed E-state index contributed by atoms with van der Waals surface area (Å²) in [6.45, 7) is 3.42. The SMILES string of the molecule is CC(CC1CCCN1)Nc1cccc2cc(Br)cnc12. The van der Waals surface area contributed by atoms with Gasteiger partial charge in [0.2, 0.25) is 0 Å². The Labute approximate surface area is 128 Å². The van der Waals surface area contributed by atoms with Gasteiger partial charge in [0.1, 0.15) is 0 Å². The summed E-state index contributed by atoms with van der Waals surface area (Å²) in [7, 11) is 0. The van der Waals surface area contributed by atoms with Gasteiger partial charge < -0.3 is 10.6 Å². The van der Waals surface area contributed by atoms with Crippen molar-refractivity contribution in [3.8, 4) is 0 Å². The van der Waals surface area contributed by atoms with E-state index in [1.54, 1.807) is 0 Å². The van der Waals surface area contributed by atoms with E-state index < -0.39 is 0 Å². The molecule has 2 N–H and O–H groups in total. The van der Waals surface area contributed by atoms with Crippen molar-refractivity contribution in [1.29, 1.82) is 0 Å². The lowest BCUT2D eigenvalue weighted by atomic mass is 10.1. The highest BCUT2D eigenvalue weighted by molar-refractivity contribution is 9.10. The molecule has 0 radical (unpaired) electrons. The van der Waals surface area contributed by atoms with Gasteiger partial charge in [-0.1, -0.05) is 12.1 Å². The third-order valence-electron chi connectivity index (χ3n) is 3.88. The zero-order valence-electron chi connectivity index (χ0n) is 11.7. The quantitative estimate of drug-likeness (QED) is 0.889. The van der Waals surface area contributed by atoms with E-state index >= 15 is 0 Å². The number of nitrogens with zero attached hydrogens (tertiary/aromatic N) is 1. The maximum Gasteiger partial charge on any atom is 0.0934 e. The van der Waals surface area contributed by atoms with Crippen molar-refractivity contribution in [2.24, 2.45) is 0 Å². The monoisotopic (exact) mass is 333 g/mol. The average Bonchev–Trinajstić information content (AvgIpc) is 2.91. The summed E-state index contributed by atoms with van der Waals surface area (Å²) in [5.74, 6) is 0. The molecule has 106 valence electrons. The third kappa shape index (κ3) is 3.13. The Morgan fingerprint density at radius 3 is 3.20 bits per heavy atom. The van der Waals surface area contributed by atoms with Gasteiger partial charge in [0, 0.05) is 28.1 Å². The summed E-state index contributed by atoms with van der Waals surface area (Å²) in [6.07, 6.45) is 5.62. The van der Waals surface area contributed by atoms with Gasteiger partial charge in [0.15, 0.2) is 0 Å². The van der Waals surface area contributed by atoms with Crippen LogP contribution in [0.3, 0.4) is 0 Å². The van der Waals surface area contributed by atoms with Crippen molar-refractivity contribution >= 4 is 32.5 Å². The maximum atomic E-state index is 4.54. The molecule has 1 aromatic heterocycles. The average molecular weight is 334 g/mol. The maximum absolute atomic E-state index is 4.54. The first-order valence-electron chi connectivity index (χ1n) is 7.26. The minimum atomic E-state index is 0.446. The molecule has 3 nitrogen and oxygen atoms in total. The highest BCUT2D eigenvalue weighted by Gasteiger charge is 2.17. The summed E-state index contributed by atoms with van der Waals surface area (Å²) >= 11 is 3.48. The Morgan fingerprint density at radius 2 is 2.40 bits per heavy atom. The second-order valence-corrected chi connectivity index (χ2v) is 6.52. The van der Waals surface area contributed by atoms with Gasteiger partial charge >= 0.3 is 0 Å². The van der Waals surface area contributed by atoms with Crippen molar-refractivity contribution in [2.45, 2.75) is 38.3 Å². The fraction of sp³-hybridized carbons (Fsp3) is 0.438. The Hall–Kier alpha value is -1.13. The first kappa shape index (κ1) is 13.8. The number of aromatic nitrogens is 1. The Balaban J connectivity index is 1.76. The molecule has 20 heavy (non-hydrogen) atoms. The molecule has 2 unspecified atom stereocenters. The molecule has 1 aromatic carbocycles. The van der Waals surface area contributed by atoms with Gasteiger partial charge in [-0.05, 0) is 60.8 Å².